The molecule has 7 nitrogen and oxygen atoms in total. The number of hydrogen-bond acceptors (Lipinski definition) is 7. The summed E-state index contributed by atoms with van der Waals surface area (Å²) in [6.45, 7) is 0.378. The van der Waals surface area contributed by atoms with Crippen LogP contribution < -0.4 is 9.47 Å². The van der Waals surface area contributed by atoms with Crippen molar-refractivity contribution in [1.82, 2.24) is 15.0 Å². The number of thiophene rings is 1. The van der Waals surface area contributed by atoms with Gasteiger partial charge >= 0.3 is 0 Å². The second-order valence-corrected chi connectivity index (χ2v) is 6.50. The molecule has 3 aromatic rings. The molecule has 4 rings (SSSR count). The molecule has 1 aromatic carbocycles. The highest BCUT2D eigenvalue weighted by Gasteiger charge is 2.30. The first kappa shape index (κ1) is 15.6. The predicted molar refractivity (Wildman–Crippen MR) is 90.4 cm³/mol. The lowest BCUT2D eigenvalue weighted by atomic mass is 10.2. The number of fused-ring (bicyclic) bond motifs is 1. The van der Waals surface area contributed by atoms with E-state index in [9.17, 15) is 4.79 Å². The van der Waals surface area contributed by atoms with Crippen LogP contribution in [0.1, 0.15) is 5.89 Å². The molecule has 0 saturated carbocycles. The number of likely N-dealkylation sites (N-methyl/N-ethyl adjacent to an activating group) is 1. The van der Waals surface area contributed by atoms with E-state index in [1.807, 2.05) is 35.7 Å². The first-order valence-electron chi connectivity index (χ1n) is 7.70. The molecule has 2 aromatic heterocycles. The van der Waals surface area contributed by atoms with Crippen LogP contribution in [-0.2, 0) is 11.3 Å². The Kier molecular flexibility index (Phi) is 4.10. The summed E-state index contributed by atoms with van der Waals surface area (Å²) in [6.07, 6.45) is -0.695. The zero-order chi connectivity index (χ0) is 17.2. The van der Waals surface area contributed by atoms with Gasteiger partial charge in [-0.2, -0.15) is 4.98 Å². The molecule has 0 aliphatic carbocycles. The maximum absolute atomic E-state index is 12.6. The van der Waals surface area contributed by atoms with Gasteiger partial charge in [0.05, 0.1) is 11.4 Å². The number of amides is 1. The van der Waals surface area contributed by atoms with Crippen molar-refractivity contribution in [2.45, 2.75) is 12.6 Å². The third-order valence-electron chi connectivity index (χ3n) is 3.74. The van der Waals surface area contributed by atoms with E-state index in [0.29, 0.717) is 23.2 Å². The number of aromatic nitrogens is 2. The van der Waals surface area contributed by atoms with Gasteiger partial charge in [-0.25, -0.2) is 0 Å². The number of ether oxygens (including phenoxy) is 2. The Labute approximate surface area is 147 Å². The molecule has 1 aliphatic rings. The molecule has 0 saturated heterocycles. The second-order valence-electron chi connectivity index (χ2n) is 5.55. The summed E-state index contributed by atoms with van der Waals surface area (Å²) in [5.74, 6) is 1.91. The van der Waals surface area contributed by atoms with E-state index in [1.165, 1.54) is 16.2 Å². The lowest BCUT2D eigenvalue weighted by molar-refractivity contribution is -0.140. The molecule has 0 N–H and O–H groups in total. The van der Waals surface area contributed by atoms with Crippen LogP contribution in [-0.4, -0.2) is 40.7 Å². The second kappa shape index (κ2) is 6.56. The van der Waals surface area contributed by atoms with Crippen LogP contribution in [0.3, 0.4) is 0 Å². The van der Waals surface area contributed by atoms with Crippen LogP contribution in [0.15, 0.2) is 46.3 Å². The van der Waals surface area contributed by atoms with E-state index in [2.05, 4.69) is 10.1 Å². The molecule has 128 valence electrons. The summed E-state index contributed by atoms with van der Waals surface area (Å²) in [5.41, 5.74) is 0. The number of nitrogens with zero attached hydrogens (tertiary/aromatic N) is 3. The van der Waals surface area contributed by atoms with Gasteiger partial charge in [-0.15, -0.1) is 11.3 Å². The molecule has 1 atom stereocenters. The highest BCUT2D eigenvalue weighted by atomic mass is 32.1. The third-order valence-corrected chi connectivity index (χ3v) is 4.61. The van der Waals surface area contributed by atoms with Gasteiger partial charge in [0.15, 0.2) is 11.5 Å². The lowest BCUT2D eigenvalue weighted by Gasteiger charge is -2.28. The average Bonchev–Trinajstić information content (AvgIpc) is 3.32. The Morgan fingerprint density at radius 1 is 1.28 bits per heavy atom. The highest BCUT2D eigenvalue weighted by molar-refractivity contribution is 7.13. The molecular formula is C17H15N3O4S. The Morgan fingerprint density at radius 2 is 2.12 bits per heavy atom. The Hall–Kier alpha value is -2.87. The summed E-state index contributed by atoms with van der Waals surface area (Å²) in [7, 11) is 1.67. The summed E-state index contributed by atoms with van der Waals surface area (Å²) >= 11 is 1.53. The quantitative estimate of drug-likeness (QED) is 0.714. The fourth-order valence-corrected chi connectivity index (χ4v) is 3.14. The average molecular weight is 357 g/mol. The molecule has 1 amide bonds. The molecule has 8 heteroatoms. The minimum Gasteiger partial charge on any atom is -0.485 e. The number of benzene rings is 1. The number of carbonyl (C=O) groups is 1. The van der Waals surface area contributed by atoms with E-state index in [0.717, 1.165) is 4.88 Å². The van der Waals surface area contributed by atoms with Crippen LogP contribution in [0.25, 0.3) is 10.7 Å². The van der Waals surface area contributed by atoms with Gasteiger partial charge in [0.2, 0.25) is 17.8 Å². The molecule has 0 spiro atoms. The van der Waals surface area contributed by atoms with Crippen LogP contribution in [0.2, 0.25) is 0 Å². The number of para-hydroxylation sites is 2. The summed E-state index contributed by atoms with van der Waals surface area (Å²) < 4.78 is 16.6. The van der Waals surface area contributed by atoms with Crippen LogP contribution >= 0.6 is 11.3 Å². The smallest absolute Gasteiger partial charge is 0.267 e. The molecule has 1 aliphatic heterocycles. The normalized spacial score (nSPS) is 15.8. The number of carbonyl (C=O) groups excluding carboxylic acids is 1. The van der Waals surface area contributed by atoms with Crippen molar-refractivity contribution in [2.24, 2.45) is 0 Å². The largest absolute Gasteiger partial charge is 0.485 e. The molecule has 0 fully saturated rings. The van der Waals surface area contributed by atoms with Gasteiger partial charge in [-0.3, -0.25) is 4.79 Å². The Bertz CT molecular complexity index is 878. The molecule has 0 unspecified atom stereocenters. The Morgan fingerprint density at radius 3 is 2.92 bits per heavy atom. The van der Waals surface area contributed by atoms with E-state index in [-0.39, 0.29) is 19.1 Å². The maximum atomic E-state index is 12.6. The van der Waals surface area contributed by atoms with E-state index in [4.69, 9.17) is 14.0 Å². The van der Waals surface area contributed by atoms with Crippen molar-refractivity contribution in [1.29, 1.82) is 0 Å². The van der Waals surface area contributed by atoms with Crippen molar-refractivity contribution in [3.05, 3.63) is 47.7 Å². The molecule has 0 radical (unpaired) electrons. The van der Waals surface area contributed by atoms with Crippen molar-refractivity contribution in [3.63, 3.8) is 0 Å². The minimum absolute atomic E-state index is 0.171. The summed E-state index contributed by atoms with van der Waals surface area (Å²) in [6, 6.07) is 11.1. The van der Waals surface area contributed by atoms with Gasteiger partial charge in [-0.1, -0.05) is 23.4 Å². The number of hydrogen-bond donors (Lipinski definition) is 0. The fourth-order valence-electron chi connectivity index (χ4n) is 2.49. The van der Waals surface area contributed by atoms with Crippen LogP contribution in [0.4, 0.5) is 0 Å². The zero-order valence-electron chi connectivity index (χ0n) is 13.4. The van der Waals surface area contributed by atoms with Gasteiger partial charge in [0.1, 0.15) is 6.61 Å². The number of rotatable bonds is 4. The monoisotopic (exact) mass is 357 g/mol. The van der Waals surface area contributed by atoms with E-state index in [1.54, 1.807) is 13.1 Å². The van der Waals surface area contributed by atoms with Gasteiger partial charge in [0.25, 0.3) is 5.91 Å². The van der Waals surface area contributed by atoms with Crippen molar-refractivity contribution < 1.29 is 18.8 Å². The first-order valence-corrected chi connectivity index (χ1v) is 8.58. The molecule has 0 bridgehead atoms. The van der Waals surface area contributed by atoms with Crippen molar-refractivity contribution >= 4 is 17.2 Å². The van der Waals surface area contributed by atoms with Gasteiger partial charge in [0, 0.05) is 7.05 Å². The summed E-state index contributed by atoms with van der Waals surface area (Å²) in [5, 5.41) is 5.89. The third kappa shape index (κ3) is 3.20. The van der Waals surface area contributed by atoms with Crippen LogP contribution in [0, 0.1) is 0 Å². The maximum Gasteiger partial charge on any atom is 0.267 e. The fraction of sp³-hybridized carbons (Fsp3) is 0.235. The predicted octanol–water partition coefficient (Wildman–Crippen LogP) is 2.60. The standard InChI is InChI=1S/C17H15N3O4S/c1-20(9-15-18-16(19-24-15)14-7-4-8-25-14)17(21)13-10-22-11-5-2-3-6-12(11)23-13/h2-8,13H,9-10H2,1H3/t13-/m0/s1. The molecule has 25 heavy (non-hydrogen) atoms. The van der Waals surface area contributed by atoms with Crippen molar-refractivity contribution in [2.75, 3.05) is 13.7 Å². The minimum atomic E-state index is -0.695. The first-order chi connectivity index (χ1) is 12.2. The van der Waals surface area contributed by atoms with Crippen molar-refractivity contribution in [3.8, 4) is 22.2 Å². The SMILES string of the molecule is CN(Cc1nc(-c2cccs2)no1)C(=O)[C@@H]1COc2ccccc2O1. The topological polar surface area (TPSA) is 77.7 Å². The highest BCUT2D eigenvalue weighted by Crippen LogP contribution is 2.31. The molecular weight excluding hydrogens is 342 g/mol. The lowest BCUT2D eigenvalue weighted by Crippen LogP contribution is -2.44. The zero-order valence-corrected chi connectivity index (χ0v) is 14.2. The van der Waals surface area contributed by atoms with Gasteiger partial charge in [-0.05, 0) is 23.6 Å². The van der Waals surface area contributed by atoms with E-state index < -0.39 is 6.10 Å². The van der Waals surface area contributed by atoms with Crippen LogP contribution in [0.5, 0.6) is 11.5 Å². The summed E-state index contributed by atoms with van der Waals surface area (Å²) in [4.78, 5) is 19.3. The molecule has 3 heterocycles. The van der Waals surface area contributed by atoms with E-state index >= 15 is 0 Å². The van der Waals surface area contributed by atoms with Gasteiger partial charge < -0.3 is 18.9 Å². The Balaban J connectivity index is 1.41.